The first-order valence-electron chi connectivity index (χ1n) is 12.1. The highest BCUT2D eigenvalue weighted by Gasteiger charge is 2.44. The molecule has 3 fully saturated rings. The molecule has 0 radical (unpaired) electrons. The number of esters is 1. The molecule has 5 nitrogen and oxygen atoms in total. The van der Waals surface area contributed by atoms with Crippen LogP contribution in [0.1, 0.15) is 64.0 Å². The number of piperidine rings is 3. The van der Waals surface area contributed by atoms with Gasteiger partial charge in [-0.2, -0.15) is 0 Å². The summed E-state index contributed by atoms with van der Waals surface area (Å²) in [4.78, 5) is 19.2. The van der Waals surface area contributed by atoms with Gasteiger partial charge in [0.1, 0.15) is 11.9 Å². The van der Waals surface area contributed by atoms with Gasteiger partial charge in [0, 0.05) is 30.6 Å². The highest BCUT2D eigenvalue weighted by molar-refractivity contribution is 5.84. The maximum absolute atomic E-state index is 12.1. The predicted molar refractivity (Wildman–Crippen MR) is 128 cm³/mol. The predicted octanol–water partition coefficient (Wildman–Crippen LogP) is 5.69. The minimum absolute atomic E-state index is 0.194. The highest BCUT2D eigenvalue weighted by atomic mass is 16.5. The third-order valence-corrected chi connectivity index (χ3v) is 7.14. The number of rotatable bonds is 9. The first-order valence-corrected chi connectivity index (χ1v) is 12.1. The zero-order valence-electron chi connectivity index (χ0n) is 19.6. The molecule has 3 saturated heterocycles. The van der Waals surface area contributed by atoms with Crippen LogP contribution in [0.15, 0.2) is 42.6 Å². The van der Waals surface area contributed by atoms with Gasteiger partial charge in [-0.25, -0.2) is 0 Å². The molecule has 4 heterocycles. The van der Waals surface area contributed by atoms with Crippen LogP contribution in [0, 0.1) is 11.8 Å². The van der Waals surface area contributed by atoms with Gasteiger partial charge < -0.3 is 9.47 Å². The van der Waals surface area contributed by atoms with Crippen LogP contribution in [0.4, 0.5) is 0 Å². The van der Waals surface area contributed by atoms with Crippen LogP contribution in [0.25, 0.3) is 10.9 Å². The van der Waals surface area contributed by atoms with Crippen molar-refractivity contribution in [2.45, 2.75) is 64.5 Å². The number of benzene rings is 1. The van der Waals surface area contributed by atoms with Crippen LogP contribution < -0.4 is 4.74 Å². The van der Waals surface area contributed by atoms with Gasteiger partial charge in [-0.15, -0.1) is 0 Å². The molecule has 0 spiro atoms. The van der Waals surface area contributed by atoms with E-state index < -0.39 is 0 Å². The van der Waals surface area contributed by atoms with Crippen LogP contribution >= 0.6 is 0 Å². The van der Waals surface area contributed by atoms with Crippen LogP contribution in [0.5, 0.6) is 5.75 Å². The van der Waals surface area contributed by atoms with E-state index in [1.165, 1.54) is 39.0 Å². The number of hydrogen-bond donors (Lipinski definition) is 0. The number of nitrogens with zero attached hydrogens (tertiary/aromatic N) is 2. The quantitative estimate of drug-likeness (QED) is 0.287. The standard InChI is InChI=1S/C27H36N2O3/c1-4-5-6-7-8-9-21-18-29-15-13-20(21)16-26(29)27(32-19(2)30)23-12-14-28-25-11-10-22(31-3)17-24(23)25/h8-12,14,17,20-21,26-27H,4-7,13,15-16,18H2,1-3H3/b9-8-/t20-,21-,26-,27+/m0/s1. The molecule has 5 atom stereocenters. The van der Waals surface area contributed by atoms with Crippen molar-refractivity contribution in [3.8, 4) is 5.75 Å². The Balaban J connectivity index is 1.58. The molecular weight excluding hydrogens is 400 g/mol. The minimum atomic E-state index is -0.303. The molecule has 0 amide bonds. The maximum Gasteiger partial charge on any atom is 0.303 e. The molecule has 32 heavy (non-hydrogen) atoms. The lowest BCUT2D eigenvalue weighted by Gasteiger charge is -2.51. The summed E-state index contributed by atoms with van der Waals surface area (Å²) in [5.74, 6) is 1.80. The summed E-state index contributed by atoms with van der Waals surface area (Å²) in [6.07, 6.45) is 13.7. The molecule has 2 bridgehead atoms. The molecule has 1 aromatic heterocycles. The summed E-state index contributed by atoms with van der Waals surface area (Å²) < 4.78 is 11.5. The normalized spacial score (nSPS) is 25.8. The van der Waals surface area contributed by atoms with Crippen molar-refractivity contribution in [1.82, 2.24) is 9.88 Å². The Morgan fingerprint density at radius 3 is 2.91 bits per heavy atom. The Morgan fingerprint density at radius 2 is 2.19 bits per heavy atom. The van der Waals surface area contributed by atoms with Crippen molar-refractivity contribution in [1.29, 1.82) is 0 Å². The van der Waals surface area contributed by atoms with Crippen LogP contribution in [0.3, 0.4) is 0 Å². The number of aromatic nitrogens is 1. The third kappa shape index (κ3) is 4.98. The number of carbonyl (C=O) groups excluding carboxylic acids is 1. The van der Waals surface area contributed by atoms with E-state index in [9.17, 15) is 4.79 Å². The van der Waals surface area contributed by atoms with Crippen LogP contribution in [-0.2, 0) is 9.53 Å². The SMILES string of the molecule is CCCCC/C=C\[C@H]1CN2CC[C@H]1C[C@H]2[C@H](OC(C)=O)c1ccnc2ccc(OC)cc12. The lowest BCUT2D eigenvalue weighted by molar-refractivity contribution is -0.154. The number of methoxy groups -OCH3 is 1. The van der Waals surface area contributed by atoms with Gasteiger partial charge in [0.25, 0.3) is 0 Å². The number of unbranched alkanes of at least 4 members (excludes halogenated alkanes) is 3. The second-order valence-electron chi connectivity index (χ2n) is 9.25. The van der Waals surface area contributed by atoms with Gasteiger partial charge >= 0.3 is 5.97 Å². The zero-order valence-corrected chi connectivity index (χ0v) is 19.6. The van der Waals surface area contributed by atoms with Crippen LogP contribution in [-0.4, -0.2) is 42.1 Å². The fraction of sp³-hybridized carbons (Fsp3) is 0.556. The molecule has 3 aliphatic rings. The van der Waals surface area contributed by atoms with Crippen molar-refractivity contribution < 1.29 is 14.3 Å². The largest absolute Gasteiger partial charge is 0.497 e. The average Bonchev–Trinajstić information content (AvgIpc) is 2.82. The van der Waals surface area contributed by atoms with Gasteiger partial charge in [-0.3, -0.25) is 14.7 Å². The molecule has 0 N–H and O–H groups in total. The number of fused-ring (bicyclic) bond motifs is 4. The molecule has 1 unspecified atom stereocenters. The van der Waals surface area contributed by atoms with Gasteiger partial charge in [-0.1, -0.05) is 31.9 Å². The number of pyridine rings is 1. The van der Waals surface area contributed by atoms with E-state index in [1.807, 2.05) is 30.5 Å². The van der Waals surface area contributed by atoms with E-state index >= 15 is 0 Å². The zero-order chi connectivity index (χ0) is 22.5. The summed E-state index contributed by atoms with van der Waals surface area (Å²) in [5, 5.41) is 0.994. The highest BCUT2D eigenvalue weighted by Crippen LogP contribution is 2.43. The van der Waals surface area contributed by atoms with Crippen LogP contribution in [0.2, 0.25) is 0 Å². The Kier molecular flexibility index (Phi) is 7.46. The van der Waals surface area contributed by atoms with E-state index in [4.69, 9.17) is 9.47 Å². The molecule has 0 saturated carbocycles. The molecule has 2 aromatic rings. The summed E-state index contributed by atoms with van der Waals surface area (Å²) >= 11 is 0. The second-order valence-corrected chi connectivity index (χ2v) is 9.25. The number of allylic oxidation sites excluding steroid dienone is 1. The van der Waals surface area contributed by atoms with Gasteiger partial charge in [0.05, 0.1) is 18.7 Å². The Morgan fingerprint density at radius 1 is 1.31 bits per heavy atom. The second kappa shape index (κ2) is 10.5. The van der Waals surface area contributed by atoms with E-state index in [-0.39, 0.29) is 18.1 Å². The van der Waals surface area contributed by atoms with Crippen molar-refractivity contribution in [2.24, 2.45) is 11.8 Å². The Bertz CT molecular complexity index is 957. The molecule has 1 aromatic carbocycles. The average molecular weight is 437 g/mol. The summed E-state index contributed by atoms with van der Waals surface area (Å²) in [7, 11) is 1.67. The summed E-state index contributed by atoms with van der Waals surface area (Å²) in [6, 6.07) is 8.09. The fourth-order valence-electron chi connectivity index (χ4n) is 5.48. The summed E-state index contributed by atoms with van der Waals surface area (Å²) in [5.41, 5.74) is 1.91. The molecular formula is C27H36N2O3. The van der Waals surface area contributed by atoms with Crippen molar-refractivity contribution >= 4 is 16.9 Å². The Hall–Kier alpha value is -2.40. The minimum Gasteiger partial charge on any atom is -0.497 e. The van der Waals surface area contributed by atoms with Gasteiger partial charge in [0.15, 0.2) is 0 Å². The molecule has 5 heteroatoms. The number of hydrogen-bond acceptors (Lipinski definition) is 5. The van der Waals surface area contributed by atoms with Gasteiger partial charge in [0.2, 0.25) is 0 Å². The Labute approximate surface area is 191 Å². The van der Waals surface area contributed by atoms with Gasteiger partial charge in [-0.05, 0) is 68.3 Å². The van der Waals surface area contributed by atoms with E-state index in [2.05, 4.69) is 29.0 Å². The smallest absolute Gasteiger partial charge is 0.303 e. The fourth-order valence-corrected chi connectivity index (χ4v) is 5.48. The van der Waals surface area contributed by atoms with E-state index in [0.717, 1.165) is 41.7 Å². The van der Waals surface area contributed by atoms with Crippen molar-refractivity contribution in [3.63, 3.8) is 0 Å². The first-order chi connectivity index (χ1) is 15.6. The number of carbonyl (C=O) groups is 1. The maximum atomic E-state index is 12.1. The molecule has 3 aliphatic heterocycles. The van der Waals surface area contributed by atoms with Crippen molar-refractivity contribution in [2.75, 3.05) is 20.2 Å². The topological polar surface area (TPSA) is 51.7 Å². The molecule has 5 rings (SSSR count). The molecule has 172 valence electrons. The summed E-state index contributed by atoms with van der Waals surface area (Å²) in [6.45, 7) is 5.87. The first kappa shape index (κ1) is 22.8. The third-order valence-electron chi connectivity index (χ3n) is 7.14. The molecule has 0 aliphatic carbocycles. The number of ether oxygens (including phenoxy) is 2. The van der Waals surface area contributed by atoms with Crippen molar-refractivity contribution in [3.05, 3.63) is 48.2 Å². The van der Waals surface area contributed by atoms with E-state index in [0.29, 0.717) is 11.8 Å². The lowest BCUT2D eigenvalue weighted by Crippen LogP contribution is -2.55. The lowest BCUT2D eigenvalue weighted by atomic mass is 9.73. The van der Waals surface area contributed by atoms with E-state index in [1.54, 1.807) is 7.11 Å². The monoisotopic (exact) mass is 436 g/mol.